The summed E-state index contributed by atoms with van der Waals surface area (Å²) in [6.07, 6.45) is 0. The second kappa shape index (κ2) is 5.72. The van der Waals surface area contributed by atoms with Gasteiger partial charge >= 0.3 is 0 Å². The molecule has 0 aliphatic carbocycles. The van der Waals surface area contributed by atoms with Crippen molar-refractivity contribution in [3.8, 4) is 0 Å². The summed E-state index contributed by atoms with van der Waals surface area (Å²) in [5.41, 5.74) is 9.43. The Morgan fingerprint density at radius 1 is 1.16 bits per heavy atom. The second-order valence-corrected chi connectivity index (χ2v) is 5.53. The number of piperazine rings is 1. The number of benzene rings is 1. The molecule has 1 aliphatic heterocycles. The first-order valence-electron chi connectivity index (χ1n) is 6.78. The minimum absolute atomic E-state index is 0.175. The van der Waals surface area contributed by atoms with Crippen LogP contribution in [0, 0.1) is 13.8 Å². The molecule has 1 heterocycles. The van der Waals surface area contributed by atoms with Gasteiger partial charge in [0.25, 0.3) is 0 Å². The molecule has 0 spiro atoms. The van der Waals surface area contributed by atoms with Gasteiger partial charge in [0.1, 0.15) is 0 Å². The number of nitrogens with two attached hydrogens (primary N) is 1. The Morgan fingerprint density at radius 2 is 1.79 bits per heavy atom. The highest BCUT2D eigenvalue weighted by atomic mass is 16.1. The van der Waals surface area contributed by atoms with Crippen LogP contribution in [0.15, 0.2) is 12.1 Å². The van der Waals surface area contributed by atoms with Gasteiger partial charge in [0.05, 0.1) is 6.54 Å². The van der Waals surface area contributed by atoms with Gasteiger partial charge in [-0.05, 0) is 38.1 Å². The second-order valence-electron chi connectivity index (χ2n) is 5.53. The Hall–Kier alpha value is -1.39. The van der Waals surface area contributed by atoms with Crippen LogP contribution in [0.3, 0.4) is 0 Å². The molecule has 0 saturated carbocycles. The van der Waals surface area contributed by atoms with Crippen molar-refractivity contribution in [2.45, 2.75) is 13.8 Å². The van der Waals surface area contributed by atoms with E-state index in [-0.39, 0.29) is 5.78 Å². The van der Waals surface area contributed by atoms with Crippen molar-refractivity contribution in [2.75, 3.05) is 45.5 Å². The van der Waals surface area contributed by atoms with Crippen molar-refractivity contribution in [3.63, 3.8) is 0 Å². The molecular formula is C15H23N3O. The summed E-state index contributed by atoms with van der Waals surface area (Å²) < 4.78 is 0. The molecule has 1 fully saturated rings. The fourth-order valence-electron chi connectivity index (χ4n) is 2.46. The highest BCUT2D eigenvalue weighted by Gasteiger charge is 2.18. The van der Waals surface area contributed by atoms with Gasteiger partial charge in [-0.1, -0.05) is 6.07 Å². The number of hydrogen-bond acceptors (Lipinski definition) is 4. The summed E-state index contributed by atoms with van der Waals surface area (Å²) in [6.45, 7) is 8.42. The predicted molar refractivity (Wildman–Crippen MR) is 78.6 cm³/mol. The fraction of sp³-hybridized carbons (Fsp3) is 0.533. The smallest absolute Gasteiger partial charge is 0.177 e. The Labute approximate surface area is 115 Å². The van der Waals surface area contributed by atoms with Gasteiger partial charge in [-0.2, -0.15) is 0 Å². The van der Waals surface area contributed by atoms with E-state index < -0.39 is 0 Å². The zero-order chi connectivity index (χ0) is 14.0. The Morgan fingerprint density at radius 3 is 2.42 bits per heavy atom. The summed E-state index contributed by atoms with van der Waals surface area (Å²) in [5.74, 6) is 0.175. The first-order chi connectivity index (χ1) is 8.97. The summed E-state index contributed by atoms with van der Waals surface area (Å²) in [5, 5.41) is 0. The van der Waals surface area contributed by atoms with E-state index in [1.807, 2.05) is 26.0 Å². The molecule has 19 heavy (non-hydrogen) atoms. The molecule has 0 amide bonds. The number of rotatable bonds is 3. The molecule has 1 aromatic rings. The normalized spacial score (nSPS) is 17.6. The van der Waals surface area contributed by atoms with Gasteiger partial charge < -0.3 is 10.6 Å². The van der Waals surface area contributed by atoms with Crippen LogP contribution in [0.2, 0.25) is 0 Å². The van der Waals surface area contributed by atoms with E-state index in [2.05, 4.69) is 16.8 Å². The maximum atomic E-state index is 12.4. The van der Waals surface area contributed by atoms with Crippen molar-refractivity contribution in [1.82, 2.24) is 9.80 Å². The summed E-state index contributed by atoms with van der Waals surface area (Å²) >= 11 is 0. The summed E-state index contributed by atoms with van der Waals surface area (Å²) in [4.78, 5) is 16.9. The topological polar surface area (TPSA) is 49.6 Å². The van der Waals surface area contributed by atoms with E-state index in [1.54, 1.807) is 0 Å². The molecule has 1 saturated heterocycles. The van der Waals surface area contributed by atoms with Gasteiger partial charge in [0.15, 0.2) is 5.78 Å². The third-order valence-electron chi connectivity index (χ3n) is 3.88. The highest BCUT2D eigenvalue weighted by molar-refractivity contribution is 5.99. The van der Waals surface area contributed by atoms with Crippen molar-refractivity contribution >= 4 is 11.5 Å². The summed E-state index contributed by atoms with van der Waals surface area (Å²) in [6, 6.07) is 3.82. The van der Waals surface area contributed by atoms with Crippen LogP contribution in [-0.2, 0) is 0 Å². The van der Waals surface area contributed by atoms with Gasteiger partial charge in [0, 0.05) is 37.4 Å². The van der Waals surface area contributed by atoms with Gasteiger partial charge in [-0.25, -0.2) is 0 Å². The predicted octanol–water partition coefficient (Wildman–Crippen LogP) is 1.32. The molecule has 2 rings (SSSR count). The van der Waals surface area contributed by atoms with Crippen molar-refractivity contribution in [3.05, 3.63) is 28.8 Å². The number of carbonyl (C=O) groups excluding carboxylic acids is 1. The number of nitrogens with zero attached hydrogens (tertiary/aromatic N) is 2. The monoisotopic (exact) mass is 261 g/mol. The first-order valence-corrected chi connectivity index (χ1v) is 6.78. The molecule has 0 bridgehead atoms. The molecule has 104 valence electrons. The van der Waals surface area contributed by atoms with Gasteiger partial charge in [0.2, 0.25) is 0 Å². The van der Waals surface area contributed by atoms with Crippen molar-refractivity contribution in [1.29, 1.82) is 0 Å². The van der Waals surface area contributed by atoms with Gasteiger partial charge in [-0.3, -0.25) is 9.69 Å². The third kappa shape index (κ3) is 3.33. The zero-order valence-corrected chi connectivity index (χ0v) is 12.1. The minimum Gasteiger partial charge on any atom is -0.398 e. The molecule has 4 heteroatoms. The molecule has 0 aromatic heterocycles. The first kappa shape index (κ1) is 14.0. The number of ketones is 1. The molecule has 4 nitrogen and oxygen atoms in total. The lowest BCUT2D eigenvalue weighted by Crippen LogP contribution is -2.46. The van der Waals surface area contributed by atoms with E-state index in [1.165, 1.54) is 0 Å². The average molecular weight is 261 g/mol. The SMILES string of the molecule is Cc1cc(C)c(C(=O)CN2CCN(C)CC2)cc1N. The Kier molecular flexibility index (Phi) is 4.22. The molecule has 2 N–H and O–H groups in total. The molecule has 1 aromatic carbocycles. The number of anilines is 1. The fourth-order valence-corrected chi connectivity index (χ4v) is 2.46. The minimum atomic E-state index is 0.175. The Balaban J connectivity index is 2.06. The quantitative estimate of drug-likeness (QED) is 0.658. The number of carbonyl (C=O) groups is 1. The molecule has 0 atom stereocenters. The molecule has 1 aliphatic rings. The number of aryl methyl sites for hydroxylation is 2. The number of Topliss-reactive ketones (excluding diaryl/α,β-unsaturated/α-hetero) is 1. The maximum Gasteiger partial charge on any atom is 0.177 e. The standard InChI is InChI=1S/C15H23N3O/c1-11-8-12(2)14(16)9-13(11)15(19)10-18-6-4-17(3)5-7-18/h8-9H,4-7,10,16H2,1-3H3. The third-order valence-corrected chi connectivity index (χ3v) is 3.88. The van der Waals surface area contributed by atoms with Crippen molar-refractivity contribution in [2.24, 2.45) is 0 Å². The van der Waals surface area contributed by atoms with E-state index in [0.29, 0.717) is 12.2 Å². The number of nitrogen functional groups attached to an aromatic ring is 1. The van der Waals surface area contributed by atoms with Crippen LogP contribution in [0.25, 0.3) is 0 Å². The largest absolute Gasteiger partial charge is 0.398 e. The number of hydrogen-bond donors (Lipinski definition) is 1. The molecular weight excluding hydrogens is 238 g/mol. The van der Waals surface area contributed by atoms with E-state index in [0.717, 1.165) is 42.9 Å². The van der Waals surface area contributed by atoms with Gasteiger partial charge in [-0.15, -0.1) is 0 Å². The zero-order valence-electron chi connectivity index (χ0n) is 12.1. The van der Waals surface area contributed by atoms with E-state index in [4.69, 9.17) is 5.73 Å². The lowest BCUT2D eigenvalue weighted by atomic mass is 10.00. The van der Waals surface area contributed by atoms with Crippen molar-refractivity contribution < 1.29 is 4.79 Å². The van der Waals surface area contributed by atoms with Crippen LogP contribution in [-0.4, -0.2) is 55.4 Å². The van der Waals surface area contributed by atoms with Crippen LogP contribution in [0.1, 0.15) is 21.5 Å². The summed E-state index contributed by atoms with van der Waals surface area (Å²) in [7, 11) is 2.12. The lowest BCUT2D eigenvalue weighted by Gasteiger charge is -2.31. The average Bonchev–Trinajstić information content (AvgIpc) is 2.36. The van der Waals surface area contributed by atoms with E-state index in [9.17, 15) is 4.79 Å². The molecule has 0 radical (unpaired) electrons. The highest BCUT2D eigenvalue weighted by Crippen LogP contribution is 2.18. The van der Waals surface area contributed by atoms with Crippen LogP contribution >= 0.6 is 0 Å². The van der Waals surface area contributed by atoms with Crippen LogP contribution < -0.4 is 5.73 Å². The lowest BCUT2D eigenvalue weighted by molar-refractivity contribution is 0.0876. The van der Waals surface area contributed by atoms with Crippen LogP contribution in [0.4, 0.5) is 5.69 Å². The van der Waals surface area contributed by atoms with Crippen LogP contribution in [0.5, 0.6) is 0 Å². The number of likely N-dealkylation sites (N-methyl/N-ethyl adjacent to an activating group) is 1. The Bertz CT molecular complexity index is 477. The molecule has 0 unspecified atom stereocenters. The maximum absolute atomic E-state index is 12.4. The van der Waals surface area contributed by atoms with E-state index >= 15 is 0 Å².